The van der Waals surface area contributed by atoms with E-state index >= 15 is 0 Å². The average Bonchev–Trinajstić information content (AvgIpc) is 2.89. The summed E-state index contributed by atoms with van der Waals surface area (Å²) in [5.74, 6) is 0.991. The van der Waals surface area contributed by atoms with E-state index in [0.29, 0.717) is 35.3 Å². The lowest BCUT2D eigenvalue weighted by molar-refractivity contribution is 0.0955. The van der Waals surface area contributed by atoms with Crippen LogP contribution >= 0.6 is 27.5 Å². The molecule has 4 rings (SSSR count). The first kappa shape index (κ1) is 24.5. The standard InChI is InChI=1S/C28H22BrClN2O3/c29-24-13-9-20(10-14-24)18-34-25-15-11-21(12-16-25)28(33)32-31-17-22-5-2-4-8-27(22)35-19-23-6-1-3-7-26(23)30/h1-17H,18-19H2,(H,32,33)/b31-17+. The SMILES string of the molecule is O=C(N/N=C/c1ccccc1OCc1ccccc1Cl)c1ccc(OCc2ccc(Br)cc2)cc1. The number of amides is 1. The minimum Gasteiger partial charge on any atom is -0.489 e. The Kier molecular flexibility index (Phi) is 8.54. The van der Waals surface area contributed by atoms with E-state index in [1.54, 1.807) is 30.5 Å². The van der Waals surface area contributed by atoms with Gasteiger partial charge in [-0.05, 0) is 60.2 Å². The predicted molar refractivity (Wildman–Crippen MR) is 142 cm³/mol. The Hall–Kier alpha value is -3.61. The molecule has 0 fully saturated rings. The van der Waals surface area contributed by atoms with Crippen molar-refractivity contribution in [2.75, 3.05) is 0 Å². The lowest BCUT2D eigenvalue weighted by Gasteiger charge is -2.10. The number of hydrazone groups is 1. The number of hydrogen-bond donors (Lipinski definition) is 1. The van der Waals surface area contributed by atoms with Gasteiger partial charge in [0.15, 0.2) is 0 Å². The fourth-order valence-electron chi connectivity index (χ4n) is 3.16. The first-order valence-corrected chi connectivity index (χ1v) is 12.0. The number of nitrogens with zero attached hydrogens (tertiary/aromatic N) is 1. The molecule has 0 radical (unpaired) electrons. The Bertz CT molecular complexity index is 1310. The molecule has 1 amide bonds. The van der Waals surface area contributed by atoms with Gasteiger partial charge in [0.25, 0.3) is 5.91 Å². The van der Waals surface area contributed by atoms with Crippen molar-refractivity contribution in [3.05, 3.63) is 129 Å². The van der Waals surface area contributed by atoms with E-state index in [2.05, 4.69) is 26.5 Å². The smallest absolute Gasteiger partial charge is 0.271 e. The maximum Gasteiger partial charge on any atom is 0.271 e. The molecule has 0 aliphatic heterocycles. The van der Waals surface area contributed by atoms with Crippen LogP contribution in [0.1, 0.15) is 27.0 Å². The second kappa shape index (κ2) is 12.2. The summed E-state index contributed by atoms with van der Waals surface area (Å²) in [6.45, 7) is 0.772. The van der Waals surface area contributed by atoms with E-state index in [1.807, 2.05) is 72.8 Å². The Labute approximate surface area is 217 Å². The highest BCUT2D eigenvalue weighted by atomic mass is 79.9. The van der Waals surface area contributed by atoms with Crippen LogP contribution in [-0.4, -0.2) is 12.1 Å². The third-order valence-electron chi connectivity index (χ3n) is 5.07. The van der Waals surface area contributed by atoms with E-state index in [-0.39, 0.29) is 5.91 Å². The van der Waals surface area contributed by atoms with Crippen LogP contribution in [0.15, 0.2) is 107 Å². The number of benzene rings is 4. The molecule has 0 spiro atoms. The minimum atomic E-state index is -0.324. The van der Waals surface area contributed by atoms with Gasteiger partial charge in [-0.3, -0.25) is 4.79 Å². The zero-order chi connectivity index (χ0) is 24.5. The number of rotatable bonds is 9. The molecule has 5 nitrogen and oxygen atoms in total. The van der Waals surface area contributed by atoms with E-state index in [9.17, 15) is 4.79 Å². The Morgan fingerprint density at radius 3 is 2.34 bits per heavy atom. The fraction of sp³-hybridized carbons (Fsp3) is 0.0714. The van der Waals surface area contributed by atoms with Gasteiger partial charge in [0.1, 0.15) is 24.7 Å². The molecule has 35 heavy (non-hydrogen) atoms. The summed E-state index contributed by atoms with van der Waals surface area (Å²) in [7, 11) is 0. The van der Waals surface area contributed by atoms with Gasteiger partial charge in [-0.1, -0.05) is 70.0 Å². The molecular weight excluding hydrogens is 528 g/mol. The van der Waals surface area contributed by atoms with Crippen molar-refractivity contribution in [3.63, 3.8) is 0 Å². The molecule has 1 N–H and O–H groups in total. The van der Waals surface area contributed by atoms with Gasteiger partial charge < -0.3 is 9.47 Å². The summed E-state index contributed by atoms with van der Waals surface area (Å²) >= 11 is 9.62. The molecule has 0 aromatic heterocycles. The minimum absolute atomic E-state index is 0.324. The molecule has 176 valence electrons. The van der Waals surface area contributed by atoms with Crippen molar-refractivity contribution in [3.8, 4) is 11.5 Å². The number of halogens is 2. The van der Waals surface area contributed by atoms with Crippen LogP contribution in [0, 0.1) is 0 Å². The summed E-state index contributed by atoms with van der Waals surface area (Å²) in [5.41, 5.74) is 5.70. The van der Waals surface area contributed by atoms with Crippen molar-refractivity contribution in [2.45, 2.75) is 13.2 Å². The van der Waals surface area contributed by atoms with Crippen LogP contribution in [0.4, 0.5) is 0 Å². The number of nitrogens with one attached hydrogen (secondary N) is 1. The first-order chi connectivity index (χ1) is 17.1. The highest BCUT2D eigenvalue weighted by Crippen LogP contribution is 2.21. The van der Waals surface area contributed by atoms with Crippen molar-refractivity contribution in [1.82, 2.24) is 5.43 Å². The highest BCUT2D eigenvalue weighted by Gasteiger charge is 2.07. The highest BCUT2D eigenvalue weighted by molar-refractivity contribution is 9.10. The molecule has 0 saturated carbocycles. The fourth-order valence-corrected chi connectivity index (χ4v) is 3.62. The summed E-state index contributed by atoms with van der Waals surface area (Å²) in [5, 5.41) is 4.74. The third-order valence-corrected chi connectivity index (χ3v) is 5.96. The quantitative estimate of drug-likeness (QED) is 0.180. The van der Waals surface area contributed by atoms with Gasteiger partial charge in [-0.15, -0.1) is 0 Å². The number of para-hydroxylation sites is 1. The maximum absolute atomic E-state index is 12.5. The zero-order valence-electron chi connectivity index (χ0n) is 18.7. The van der Waals surface area contributed by atoms with E-state index in [0.717, 1.165) is 21.2 Å². The number of hydrogen-bond acceptors (Lipinski definition) is 4. The summed E-state index contributed by atoms with van der Waals surface area (Å²) in [6, 6.07) is 29.8. The summed E-state index contributed by atoms with van der Waals surface area (Å²) < 4.78 is 12.7. The first-order valence-electron chi connectivity index (χ1n) is 10.8. The normalized spacial score (nSPS) is 10.8. The molecule has 0 unspecified atom stereocenters. The topological polar surface area (TPSA) is 59.9 Å². The van der Waals surface area contributed by atoms with Crippen molar-refractivity contribution < 1.29 is 14.3 Å². The van der Waals surface area contributed by atoms with Crippen LogP contribution in [0.3, 0.4) is 0 Å². The van der Waals surface area contributed by atoms with Crippen LogP contribution in [0.2, 0.25) is 5.02 Å². The Morgan fingerprint density at radius 1 is 0.857 bits per heavy atom. The monoisotopic (exact) mass is 548 g/mol. The van der Waals surface area contributed by atoms with Crippen LogP contribution < -0.4 is 14.9 Å². The number of carbonyl (C=O) groups is 1. The third kappa shape index (κ3) is 7.18. The molecule has 0 bridgehead atoms. The molecule has 0 saturated heterocycles. The van der Waals surface area contributed by atoms with Gasteiger partial charge >= 0.3 is 0 Å². The van der Waals surface area contributed by atoms with Gasteiger partial charge in [-0.25, -0.2) is 5.43 Å². The van der Waals surface area contributed by atoms with E-state index in [4.69, 9.17) is 21.1 Å². The lowest BCUT2D eigenvalue weighted by Crippen LogP contribution is -2.17. The molecule has 0 aliphatic carbocycles. The van der Waals surface area contributed by atoms with Gasteiger partial charge in [0.2, 0.25) is 0 Å². The molecule has 4 aromatic rings. The maximum atomic E-state index is 12.5. The molecule has 0 heterocycles. The van der Waals surface area contributed by atoms with Gasteiger partial charge in [0, 0.05) is 26.2 Å². The predicted octanol–water partition coefficient (Wildman–Crippen LogP) is 7.02. The largest absolute Gasteiger partial charge is 0.489 e. The van der Waals surface area contributed by atoms with Crippen LogP contribution in [0.5, 0.6) is 11.5 Å². The molecule has 0 atom stereocenters. The average molecular weight is 550 g/mol. The Balaban J connectivity index is 1.31. The summed E-state index contributed by atoms with van der Waals surface area (Å²) in [4.78, 5) is 12.5. The van der Waals surface area contributed by atoms with Crippen molar-refractivity contribution in [1.29, 1.82) is 0 Å². The van der Waals surface area contributed by atoms with Crippen LogP contribution in [-0.2, 0) is 13.2 Å². The van der Waals surface area contributed by atoms with E-state index in [1.165, 1.54) is 0 Å². The molecular formula is C28H22BrClN2O3. The molecule has 0 aliphatic rings. The van der Waals surface area contributed by atoms with E-state index < -0.39 is 0 Å². The van der Waals surface area contributed by atoms with Gasteiger partial charge in [0.05, 0.1) is 6.21 Å². The summed E-state index contributed by atoms with van der Waals surface area (Å²) in [6.07, 6.45) is 1.55. The van der Waals surface area contributed by atoms with Crippen LogP contribution in [0.25, 0.3) is 0 Å². The van der Waals surface area contributed by atoms with Crippen molar-refractivity contribution in [2.24, 2.45) is 5.10 Å². The van der Waals surface area contributed by atoms with Crippen molar-refractivity contribution >= 4 is 39.7 Å². The zero-order valence-corrected chi connectivity index (χ0v) is 21.0. The van der Waals surface area contributed by atoms with Gasteiger partial charge in [-0.2, -0.15) is 5.10 Å². The second-order valence-corrected chi connectivity index (χ2v) is 8.88. The molecule has 7 heteroatoms. The lowest BCUT2D eigenvalue weighted by atomic mass is 10.2. The molecule has 4 aromatic carbocycles. The Morgan fingerprint density at radius 2 is 1.57 bits per heavy atom. The number of ether oxygens (including phenoxy) is 2. The second-order valence-electron chi connectivity index (χ2n) is 7.56. The number of carbonyl (C=O) groups excluding carboxylic acids is 1.